The molecule has 1 heterocycles. The van der Waals surface area contributed by atoms with Crippen LogP contribution in [0.4, 0.5) is 5.82 Å². The Bertz CT molecular complexity index is 643. The van der Waals surface area contributed by atoms with Crippen molar-refractivity contribution in [2.45, 2.75) is 33.2 Å². The van der Waals surface area contributed by atoms with Crippen molar-refractivity contribution < 1.29 is 0 Å². The molecule has 0 radical (unpaired) electrons. The molecule has 0 atom stereocenters. The molecule has 5 heteroatoms. The number of rotatable bonds is 4. The first-order chi connectivity index (χ1) is 9.88. The molecule has 0 fully saturated rings. The highest BCUT2D eigenvalue weighted by Crippen LogP contribution is 2.26. The minimum atomic E-state index is 0.251. The van der Waals surface area contributed by atoms with Gasteiger partial charge in [0.2, 0.25) is 0 Å². The minimum Gasteiger partial charge on any atom is -0.355 e. The summed E-state index contributed by atoms with van der Waals surface area (Å²) in [6.07, 6.45) is 0. The monoisotopic (exact) mass is 367 g/mol. The molecule has 1 aromatic carbocycles. The van der Waals surface area contributed by atoms with Gasteiger partial charge in [-0.2, -0.15) is 0 Å². The molecule has 2 rings (SSSR count). The second kappa shape index (κ2) is 6.75. The molecule has 0 aliphatic carbocycles. The van der Waals surface area contributed by atoms with Crippen molar-refractivity contribution in [3.8, 4) is 0 Å². The normalized spacial score (nSPS) is 11.0. The number of hydrogen-bond donors (Lipinski definition) is 0. The number of hydrogen-bond acceptors (Lipinski definition) is 3. The predicted octanol–water partition coefficient (Wildman–Crippen LogP) is 4.96. The van der Waals surface area contributed by atoms with Gasteiger partial charge >= 0.3 is 0 Å². The molecule has 0 N–H and O–H groups in total. The van der Waals surface area contributed by atoms with Crippen molar-refractivity contribution >= 4 is 33.3 Å². The summed E-state index contributed by atoms with van der Waals surface area (Å²) in [5, 5.41) is 0.532. The van der Waals surface area contributed by atoms with Crippen LogP contribution in [-0.4, -0.2) is 17.0 Å². The van der Waals surface area contributed by atoms with Crippen LogP contribution in [-0.2, 0) is 6.54 Å². The van der Waals surface area contributed by atoms with Crippen molar-refractivity contribution in [3.05, 3.63) is 50.8 Å². The summed E-state index contributed by atoms with van der Waals surface area (Å²) in [5.74, 6) is 1.92. The minimum absolute atomic E-state index is 0.251. The van der Waals surface area contributed by atoms with Crippen LogP contribution < -0.4 is 4.90 Å². The molecule has 0 aliphatic rings. The van der Waals surface area contributed by atoms with E-state index in [9.17, 15) is 0 Å². The lowest BCUT2D eigenvalue weighted by molar-refractivity contribution is 0.758. The van der Waals surface area contributed by atoms with E-state index in [1.54, 1.807) is 0 Å². The van der Waals surface area contributed by atoms with Crippen molar-refractivity contribution in [1.29, 1.82) is 0 Å². The summed E-state index contributed by atoms with van der Waals surface area (Å²) >= 11 is 9.75. The fourth-order valence-corrected chi connectivity index (χ4v) is 2.73. The third-order valence-electron chi connectivity index (χ3n) is 3.26. The second-order valence-electron chi connectivity index (χ2n) is 5.46. The van der Waals surface area contributed by atoms with Gasteiger partial charge in [-0.3, -0.25) is 0 Å². The summed E-state index contributed by atoms with van der Waals surface area (Å²) in [6, 6.07) is 8.26. The van der Waals surface area contributed by atoms with E-state index in [-0.39, 0.29) is 5.92 Å². The van der Waals surface area contributed by atoms with Gasteiger partial charge in [0.1, 0.15) is 16.8 Å². The third kappa shape index (κ3) is 3.95. The van der Waals surface area contributed by atoms with Gasteiger partial charge in [-0.1, -0.05) is 53.5 Å². The van der Waals surface area contributed by atoms with Gasteiger partial charge in [-0.25, -0.2) is 9.97 Å². The molecule has 0 saturated heterocycles. The topological polar surface area (TPSA) is 29.0 Å². The second-order valence-corrected chi connectivity index (χ2v) is 6.74. The van der Waals surface area contributed by atoms with E-state index >= 15 is 0 Å². The van der Waals surface area contributed by atoms with Crippen LogP contribution >= 0.6 is 27.5 Å². The summed E-state index contributed by atoms with van der Waals surface area (Å²) in [7, 11) is 2.02. The van der Waals surface area contributed by atoms with Crippen LogP contribution in [0.1, 0.15) is 36.7 Å². The van der Waals surface area contributed by atoms with Gasteiger partial charge in [0.25, 0.3) is 0 Å². The molecular weight excluding hydrogens is 350 g/mol. The average Bonchev–Trinajstić information content (AvgIpc) is 2.41. The van der Waals surface area contributed by atoms with E-state index in [1.807, 2.05) is 26.1 Å². The first-order valence-corrected chi connectivity index (χ1v) is 8.05. The van der Waals surface area contributed by atoms with E-state index in [1.165, 1.54) is 5.56 Å². The Morgan fingerprint density at radius 1 is 1.29 bits per heavy atom. The summed E-state index contributed by atoms with van der Waals surface area (Å²) in [6.45, 7) is 6.86. The molecule has 0 bridgehead atoms. The van der Waals surface area contributed by atoms with Crippen LogP contribution in [0.3, 0.4) is 0 Å². The molecule has 0 aliphatic heterocycles. The van der Waals surface area contributed by atoms with Crippen LogP contribution in [0.25, 0.3) is 0 Å². The maximum atomic E-state index is 6.25. The highest BCUT2D eigenvalue weighted by Gasteiger charge is 2.15. The van der Waals surface area contributed by atoms with Crippen LogP contribution in [0.2, 0.25) is 5.15 Å². The van der Waals surface area contributed by atoms with Crippen LogP contribution in [0.15, 0.2) is 28.7 Å². The predicted molar refractivity (Wildman–Crippen MR) is 92.1 cm³/mol. The number of benzene rings is 1. The van der Waals surface area contributed by atoms with Crippen molar-refractivity contribution in [1.82, 2.24) is 9.97 Å². The van der Waals surface area contributed by atoms with E-state index < -0.39 is 0 Å². The molecule has 2 aromatic rings. The molecule has 3 nitrogen and oxygen atoms in total. The lowest BCUT2D eigenvalue weighted by Crippen LogP contribution is -2.20. The smallest absolute Gasteiger partial charge is 0.137 e. The van der Waals surface area contributed by atoms with Crippen molar-refractivity contribution in [3.63, 3.8) is 0 Å². The molecule has 21 heavy (non-hydrogen) atoms. The quantitative estimate of drug-likeness (QED) is 0.714. The molecule has 1 aromatic heterocycles. The number of nitrogens with zero attached hydrogens (tertiary/aromatic N) is 3. The maximum absolute atomic E-state index is 6.25. The van der Waals surface area contributed by atoms with Crippen molar-refractivity contribution in [2.75, 3.05) is 11.9 Å². The Morgan fingerprint density at radius 2 is 2.00 bits per heavy atom. The van der Waals surface area contributed by atoms with Gasteiger partial charge in [0.05, 0.1) is 0 Å². The van der Waals surface area contributed by atoms with Gasteiger partial charge in [0.15, 0.2) is 0 Å². The van der Waals surface area contributed by atoms with Gasteiger partial charge in [0, 0.05) is 29.5 Å². The number of anilines is 1. The Hall–Kier alpha value is -1.13. The van der Waals surface area contributed by atoms with E-state index in [2.05, 4.69) is 56.8 Å². The summed E-state index contributed by atoms with van der Waals surface area (Å²) in [5.41, 5.74) is 2.13. The van der Waals surface area contributed by atoms with Gasteiger partial charge < -0.3 is 4.90 Å². The van der Waals surface area contributed by atoms with E-state index in [0.29, 0.717) is 5.15 Å². The molecular formula is C16H19BrClN3. The average molecular weight is 369 g/mol. The fourth-order valence-electron chi connectivity index (χ4n) is 2.11. The first kappa shape index (κ1) is 16.2. The van der Waals surface area contributed by atoms with Crippen LogP contribution in [0.5, 0.6) is 0 Å². The standard InChI is InChI=1S/C16H19BrClN3/c1-10(2)15-19-14(18)11(3)16(20-15)21(4)9-12-6-5-7-13(17)8-12/h5-8,10H,9H2,1-4H3. The first-order valence-electron chi connectivity index (χ1n) is 6.88. The highest BCUT2D eigenvalue weighted by atomic mass is 79.9. The molecule has 112 valence electrons. The number of aromatic nitrogens is 2. The Morgan fingerprint density at radius 3 is 2.62 bits per heavy atom. The zero-order chi connectivity index (χ0) is 15.6. The van der Waals surface area contributed by atoms with E-state index in [4.69, 9.17) is 11.6 Å². The fraction of sp³-hybridized carbons (Fsp3) is 0.375. The Balaban J connectivity index is 2.32. The van der Waals surface area contributed by atoms with Gasteiger partial charge in [-0.15, -0.1) is 0 Å². The Kier molecular flexibility index (Phi) is 5.22. The van der Waals surface area contributed by atoms with Crippen LogP contribution in [0, 0.1) is 6.92 Å². The lowest BCUT2D eigenvalue weighted by atomic mass is 10.2. The van der Waals surface area contributed by atoms with Crippen molar-refractivity contribution in [2.24, 2.45) is 0 Å². The summed E-state index contributed by atoms with van der Waals surface area (Å²) < 4.78 is 1.08. The number of halogens is 2. The molecule has 0 spiro atoms. The lowest BCUT2D eigenvalue weighted by Gasteiger charge is -2.22. The molecule has 0 amide bonds. The van der Waals surface area contributed by atoms with E-state index in [0.717, 1.165) is 28.2 Å². The van der Waals surface area contributed by atoms with Gasteiger partial charge in [-0.05, 0) is 24.6 Å². The maximum Gasteiger partial charge on any atom is 0.137 e. The summed E-state index contributed by atoms with van der Waals surface area (Å²) in [4.78, 5) is 11.1. The molecule has 0 unspecified atom stereocenters. The zero-order valence-electron chi connectivity index (χ0n) is 12.7. The highest BCUT2D eigenvalue weighted by molar-refractivity contribution is 9.10. The largest absolute Gasteiger partial charge is 0.355 e. The third-order valence-corrected chi connectivity index (χ3v) is 4.13. The molecule has 0 saturated carbocycles. The zero-order valence-corrected chi connectivity index (χ0v) is 15.0. The Labute approximate surface area is 139 Å². The SMILES string of the molecule is Cc1c(Cl)nc(C(C)C)nc1N(C)Cc1cccc(Br)c1.